The Hall–Kier alpha value is 0.1000. The van der Waals surface area contributed by atoms with E-state index in [0.29, 0.717) is 12.0 Å². The van der Waals surface area contributed by atoms with Crippen molar-refractivity contribution in [1.29, 1.82) is 0 Å². The summed E-state index contributed by atoms with van der Waals surface area (Å²) in [7, 11) is 0. The first-order valence-corrected chi connectivity index (χ1v) is 6.98. The number of thiophene rings is 1. The quantitative estimate of drug-likeness (QED) is 0.907. The molecule has 0 bridgehead atoms. The molecule has 0 amide bonds. The Bertz CT molecular complexity index is 326. The molecule has 1 saturated heterocycles. The number of halogens is 1. The third-order valence-corrected chi connectivity index (χ3v) is 4.72. The normalized spacial score (nSPS) is 28.2. The van der Waals surface area contributed by atoms with Crippen molar-refractivity contribution in [1.82, 2.24) is 4.90 Å². The van der Waals surface area contributed by atoms with Gasteiger partial charge in [0.25, 0.3) is 0 Å². The van der Waals surface area contributed by atoms with Crippen molar-refractivity contribution in [3.8, 4) is 0 Å². The molecule has 15 heavy (non-hydrogen) atoms. The van der Waals surface area contributed by atoms with Gasteiger partial charge in [0.2, 0.25) is 0 Å². The number of hydrogen-bond acceptors (Lipinski definition) is 3. The van der Waals surface area contributed by atoms with E-state index in [-0.39, 0.29) is 0 Å². The van der Waals surface area contributed by atoms with Crippen molar-refractivity contribution >= 4 is 27.3 Å². The van der Waals surface area contributed by atoms with E-state index in [0.717, 1.165) is 13.1 Å². The maximum Gasteiger partial charge on any atom is 0.0701 e. The predicted molar refractivity (Wildman–Crippen MR) is 69.1 cm³/mol. The van der Waals surface area contributed by atoms with Gasteiger partial charge in [0.05, 0.1) is 3.79 Å². The third kappa shape index (κ3) is 3.03. The first-order valence-electron chi connectivity index (χ1n) is 5.37. The van der Waals surface area contributed by atoms with Crippen LogP contribution in [0.3, 0.4) is 0 Å². The molecule has 2 N–H and O–H groups in total. The molecule has 4 heteroatoms. The highest BCUT2D eigenvalue weighted by Gasteiger charge is 2.23. The molecule has 1 aliphatic rings. The van der Waals surface area contributed by atoms with Gasteiger partial charge in [-0.2, -0.15) is 0 Å². The van der Waals surface area contributed by atoms with Crippen molar-refractivity contribution in [2.45, 2.75) is 25.9 Å². The van der Waals surface area contributed by atoms with Gasteiger partial charge in [0.15, 0.2) is 0 Å². The molecule has 1 fully saturated rings. The molecule has 84 valence electrons. The molecule has 0 saturated carbocycles. The van der Waals surface area contributed by atoms with Crippen LogP contribution in [0, 0.1) is 5.92 Å². The lowest BCUT2D eigenvalue weighted by atomic mass is 9.94. The first-order chi connectivity index (χ1) is 7.15. The van der Waals surface area contributed by atoms with Crippen LogP contribution in [0.15, 0.2) is 15.9 Å². The zero-order chi connectivity index (χ0) is 10.8. The van der Waals surface area contributed by atoms with Crippen LogP contribution >= 0.6 is 27.3 Å². The van der Waals surface area contributed by atoms with Crippen molar-refractivity contribution in [2.24, 2.45) is 11.7 Å². The lowest BCUT2D eigenvalue weighted by molar-refractivity contribution is 0.163. The van der Waals surface area contributed by atoms with Gasteiger partial charge in [-0.1, -0.05) is 6.92 Å². The van der Waals surface area contributed by atoms with E-state index in [1.807, 2.05) is 11.3 Å². The van der Waals surface area contributed by atoms with Gasteiger partial charge in [-0.15, -0.1) is 11.3 Å². The minimum absolute atomic E-state index is 0.349. The molecule has 0 radical (unpaired) electrons. The topological polar surface area (TPSA) is 29.3 Å². The second-order valence-electron chi connectivity index (χ2n) is 4.37. The zero-order valence-corrected chi connectivity index (χ0v) is 11.4. The van der Waals surface area contributed by atoms with Crippen LogP contribution in [0.25, 0.3) is 0 Å². The molecule has 0 aliphatic carbocycles. The van der Waals surface area contributed by atoms with E-state index in [1.54, 1.807) is 0 Å². The van der Waals surface area contributed by atoms with Crippen LogP contribution in [0.2, 0.25) is 0 Å². The predicted octanol–water partition coefficient (Wildman–Crippen LogP) is 2.68. The van der Waals surface area contributed by atoms with Crippen LogP contribution in [0.1, 0.15) is 18.2 Å². The summed E-state index contributed by atoms with van der Waals surface area (Å²) in [4.78, 5) is 3.88. The highest BCUT2D eigenvalue weighted by molar-refractivity contribution is 9.11. The Morgan fingerprint density at radius 1 is 1.60 bits per heavy atom. The number of rotatable bonds is 2. The maximum atomic E-state index is 6.08. The maximum absolute atomic E-state index is 6.08. The lowest BCUT2D eigenvalue weighted by Crippen LogP contribution is -2.46. The zero-order valence-electron chi connectivity index (χ0n) is 8.95. The summed E-state index contributed by atoms with van der Waals surface area (Å²) in [6, 6.07) is 4.66. The first kappa shape index (κ1) is 11.6. The van der Waals surface area contributed by atoms with E-state index in [1.165, 1.54) is 21.6 Å². The van der Waals surface area contributed by atoms with Gasteiger partial charge in [0, 0.05) is 24.0 Å². The molecule has 1 aromatic rings. The number of nitrogens with zero attached hydrogens (tertiary/aromatic N) is 1. The van der Waals surface area contributed by atoms with Crippen molar-refractivity contribution in [3.63, 3.8) is 0 Å². The molecule has 1 aliphatic heterocycles. The van der Waals surface area contributed by atoms with E-state index in [4.69, 9.17) is 5.73 Å². The van der Waals surface area contributed by atoms with Crippen molar-refractivity contribution < 1.29 is 0 Å². The summed E-state index contributed by atoms with van der Waals surface area (Å²) in [5, 5.41) is 0. The molecule has 1 aromatic heterocycles. The summed E-state index contributed by atoms with van der Waals surface area (Å²) >= 11 is 5.31. The Morgan fingerprint density at radius 3 is 3.00 bits per heavy atom. The monoisotopic (exact) mass is 288 g/mol. The van der Waals surface area contributed by atoms with Crippen LogP contribution in [-0.4, -0.2) is 24.0 Å². The number of hydrogen-bond donors (Lipinski definition) is 1. The van der Waals surface area contributed by atoms with Crippen LogP contribution < -0.4 is 5.73 Å². The summed E-state index contributed by atoms with van der Waals surface area (Å²) in [5.41, 5.74) is 6.08. The fourth-order valence-corrected chi connectivity index (χ4v) is 3.50. The largest absolute Gasteiger partial charge is 0.326 e. The smallest absolute Gasteiger partial charge is 0.0701 e. The van der Waals surface area contributed by atoms with Crippen molar-refractivity contribution in [3.05, 3.63) is 20.8 Å². The van der Waals surface area contributed by atoms with Gasteiger partial charge in [-0.25, -0.2) is 0 Å². The van der Waals surface area contributed by atoms with Gasteiger partial charge >= 0.3 is 0 Å². The molecule has 2 nitrogen and oxygen atoms in total. The molecule has 2 rings (SSSR count). The molecule has 2 heterocycles. The van der Waals surface area contributed by atoms with Crippen molar-refractivity contribution in [2.75, 3.05) is 13.1 Å². The molecular weight excluding hydrogens is 272 g/mol. The Balaban J connectivity index is 1.90. The van der Waals surface area contributed by atoms with Gasteiger partial charge in [-0.3, -0.25) is 4.90 Å². The summed E-state index contributed by atoms with van der Waals surface area (Å²) in [5.74, 6) is 0.677. The molecule has 0 aromatic carbocycles. The summed E-state index contributed by atoms with van der Waals surface area (Å²) < 4.78 is 1.21. The average Bonchev–Trinajstić information content (AvgIpc) is 2.58. The third-order valence-electron chi connectivity index (χ3n) is 3.11. The highest BCUT2D eigenvalue weighted by Crippen LogP contribution is 2.25. The van der Waals surface area contributed by atoms with E-state index >= 15 is 0 Å². The highest BCUT2D eigenvalue weighted by atomic mass is 79.9. The Labute approximate surface area is 104 Å². The van der Waals surface area contributed by atoms with Crippen LogP contribution in [0.4, 0.5) is 0 Å². The van der Waals surface area contributed by atoms with E-state index < -0.39 is 0 Å². The summed E-state index contributed by atoms with van der Waals surface area (Å²) in [6.07, 6.45) is 1.23. The second kappa shape index (κ2) is 4.95. The van der Waals surface area contributed by atoms with Gasteiger partial charge in [0.1, 0.15) is 0 Å². The number of likely N-dealkylation sites (tertiary alicyclic amines) is 1. The fraction of sp³-hybridized carbons (Fsp3) is 0.636. The molecule has 0 spiro atoms. The van der Waals surface area contributed by atoms with Gasteiger partial charge in [-0.05, 0) is 46.9 Å². The molecular formula is C11H17BrN2S. The fourth-order valence-electron chi connectivity index (χ4n) is 1.97. The number of piperidine rings is 1. The minimum atomic E-state index is 0.349. The van der Waals surface area contributed by atoms with E-state index in [2.05, 4.69) is 39.9 Å². The Morgan fingerprint density at radius 2 is 2.40 bits per heavy atom. The average molecular weight is 289 g/mol. The van der Waals surface area contributed by atoms with Crippen LogP contribution in [0.5, 0.6) is 0 Å². The number of nitrogens with two attached hydrogens (primary N) is 1. The second-order valence-corrected chi connectivity index (χ2v) is 6.92. The SMILES string of the molecule is CC1CCN(Cc2ccc(Br)s2)CC1N. The standard InChI is InChI=1S/C11H17BrN2S/c1-8-4-5-14(7-10(8)13)6-9-2-3-11(12)15-9/h2-3,8,10H,4-7,13H2,1H3. The van der Waals surface area contributed by atoms with E-state index in [9.17, 15) is 0 Å². The van der Waals surface area contributed by atoms with Gasteiger partial charge < -0.3 is 5.73 Å². The Kier molecular flexibility index (Phi) is 3.83. The summed E-state index contributed by atoms with van der Waals surface area (Å²) in [6.45, 7) is 5.53. The molecule has 2 atom stereocenters. The minimum Gasteiger partial charge on any atom is -0.326 e. The lowest BCUT2D eigenvalue weighted by Gasteiger charge is -2.34. The van der Waals surface area contributed by atoms with Crippen LogP contribution in [-0.2, 0) is 6.54 Å². The molecule has 2 unspecified atom stereocenters.